The van der Waals surface area contributed by atoms with E-state index in [1.165, 1.54) is 0 Å². The first-order valence-corrected chi connectivity index (χ1v) is 6.81. The quantitative estimate of drug-likeness (QED) is 0.640. The zero-order valence-corrected chi connectivity index (χ0v) is 12.6. The van der Waals surface area contributed by atoms with Gasteiger partial charge in [-0.1, -0.05) is 46.9 Å². The van der Waals surface area contributed by atoms with E-state index in [4.69, 9.17) is 50.7 Å². The summed E-state index contributed by atoms with van der Waals surface area (Å²) >= 11 is 17.9. The molecule has 0 amide bonds. The number of benzene rings is 2. The molecule has 6 heteroatoms. The molecule has 3 nitrogen and oxygen atoms in total. The standard InChI is InChI=1S/C14H11Cl3N2O/c15-10-3-4-13(12(17)6-10)20-7-9-2-1-8(14(18)19)5-11(9)16/h1-6H,7H2,(H3,18,19). The lowest BCUT2D eigenvalue weighted by Gasteiger charge is -2.10. The third kappa shape index (κ3) is 3.57. The number of halogens is 3. The van der Waals surface area contributed by atoms with Crippen molar-refractivity contribution in [2.24, 2.45) is 5.73 Å². The van der Waals surface area contributed by atoms with Gasteiger partial charge in [0, 0.05) is 21.2 Å². The van der Waals surface area contributed by atoms with Gasteiger partial charge in [-0.15, -0.1) is 0 Å². The topological polar surface area (TPSA) is 59.1 Å². The Hall–Kier alpha value is -1.42. The number of ether oxygens (including phenoxy) is 1. The number of hydrogen-bond donors (Lipinski definition) is 2. The minimum Gasteiger partial charge on any atom is -0.487 e. The van der Waals surface area contributed by atoms with Crippen LogP contribution < -0.4 is 10.5 Å². The molecule has 0 spiro atoms. The Kier molecular flexibility index (Phi) is 4.76. The van der Waals surface area contributed by atoms with Crippen LogP contribution in [-0.2, 0) is 6.61 Å². The van der Waals surface area contributed by atoms with Crippen LogP contribution in [0.5, 0.6) is 5.75 Å². The van der Waals surface area contributed by atoms with Crippen LogP contribution in [0.15, 0.2) is 36.4 Å². The number of nitrogens with one attached hydrogen (secondary N) is 1. The van der Waals surface area contributed by atoms with Gasteiger partial charge in [0.15, 0.2) is 0 Å². The van der Waals surface area contributed by atoms with Crippen LogP contribution in [0.2, 0.25) is 15.1 Å². The van der Waals surface area contributed by atoms with Gasteiger partial charge in [-0.2, -0.15) is 0 Å². The van der Waals surface area contributed by atoms with Crippen LogP contribution in [0.3, 0.4) is 0 Å². The molecule has 2 aromatic rings. The van der Waals surface area contributed by atoms with E-state index in [9.17, 15) is 0 Å². The van der Waals surface area contributed by atoms with Crippen molar-refractivity contribution in [2.45, 2.75) is 6.61 Å². The van der Waals surface area contributed by atoms with Crippen LogP contribution in [0.1, 0.15) is 11.1 Å². The van der Waals surface area contributed by atoms with Crippen molar-refractivity contribution >= 4 is 40.6 Å². The number of hydrogen-bond acceptors (Lipinski definition) is 2. The highest BCUT2D eigenvalue weighted by molar-refractivity contribution is 6.35. The minimum atomic E-state index is -0.0277. The maximum absolute atomic E-state index is 7.35. The van der Waals surface area contributed by atoms with Gasteiger partial charge < -0.3 is 10.5 Å². The third-order valence-corrected chi connectivity index (χ3v) is 3.52. The molecule has 0 aromatic heterocycles. The zero-order valence-electron chi connectivity index (χ0n) is 10.3. The summed E-state index contributed by atoms with van der Waals surface area (Å²) in [7, 11) is 0. The molecule has 0 aliphatic heterocycles. The van der Waals surface area contributed by atoms with Crippen molar-refractivity contribution < 1.29 is 4.74 Å². The summed E-state index contributed by atoms with van der Waals surface area (Å²) in [5.41, 5.74) is 6.75. The fourth-order valence-corrected chi connectivity index (χ4v) is 2.28. The Balaban J connectivity index is 2.13. The molecule has 0 aliphatic rings. The predicted octanol–water partition coefficient (Wildman–Crippen LogP) is 4.51. The van der Waals surface area contributed by atoms with E-state index >= 15 is 0 Å². The van der Waals surface area contributed by atoms with Crippen molar-refractivity contribution in [1.29, 1.82) is 5.41 Å². The first-order valence-electron chi connectivity index (χ1n) is 5.68. The molecule has 20 heavy (non-hydrogen) atoms. The van der Waals surface area contributed by atoms with E-state index < -0.39 is 0 Å². The fraction of sp³-hybridized carbons (Fsp3) is 0.0714. The summed E-state index contributed by atoms with van der Waals surface area (Å²) < 4.78 is 5.60. The van der Waals surface area contributed by atoms with Gasteiger partial charge in [0.05, 0.1) is 5.02 Å². The molecule has 0 saturated carbocycles. The molecule has 0 aliphatic carbocycles. The highest BCUT2D eigenvalue weighted by Crippen LogP contribution is 2.29. The van der Waals surface area contributed by atoms with Gasteiger partial charge in [-0.3, -0.25) is 5.41 Å². The summed E-state index contributed by atoms with van der Waals surface area (Å²) in [6.45, 7) is 0.262. The lowest BCUT2D eigenvalue weighted by molar-refractivity contribution is 0.306. The van der Waals surface area contributed by atoms with Gasteiger partial charge in [-0.25, -0.2) is 0 Å². The average molecular weight is 330 g/mol. The van der Waals surface area contributed by atoms with Crippen molar-refractivity contribution in [1.82, 2.24) is 0 Å². The second-order valence-electron chi connectivity index (χ2n) is 4.08. The molecule has 0 fully saturated rings. The number of rotatable bonds is 4. The highest BCUT2D eigenvalue weighted by atomic mass is 35.5. The van der Waals surface area contributed by atoms with E-state index in [1.54, 1.807) is 36.4 Å². The zero-order chi connectivity index (χ0) is 14.7. The predicted molar refractivity (Wildman–Crippen MR) is 83.3 cm³/mol. The molecule has 0 saturated heterocycles. The van der Waals surface area contributed by atoms with Gasteiger partial charge in [0.25, 0.3) is 0 Å². The number of nitrogens with two attached hydrogens (primary N) is 1. The molecule has 2 rings (SSSR count). The summed E-state index contributed by atoms with van der Waals surface area (Å²) in [5.74, 6) is 0.503. The molecular weight excluding hydrogens is 319 g/mol. The highest BCUT2D eigenvalue weighted by Gasteiger charge is 2.07. The third-order valence-electron chi connectivity index (χ3n) is 2.64. The van der Waals surface area contributed by atoms with Crippen molar-refractivity contribution in [2.75, 3.05) is 0 Å². The molecular formula is C14H11Cl3N2O. The molecule has 3 N–H and O–H groups in total. The molecule has 0 unspecified atom stereocenters. The maximum atomic E-state index is 7.35. The normalized spacial score (nSPS) is 10.3. The number of nitrogen functional groups attached to an aromatic ring is 1. The summed E-state index contributed by atoms with van der Waals surface area (Å²) in [5, 5.41) is 8.82. The fourth-order valence-electron chi connectivity index (χ4n) is 1.58. The van der Waals surface area contributed by atoms with E-state index in [1.807, 2.05) is 0 Å². The minimum absolute atomic E-state index is 0.0277. The van der Waals surface area contributed by atoms with Crippen LogP contribution >= 0.6 is 34.8 Å². The van der Waals surface area contributed by atoms with Gasteiger partial charge >= 0.3 is 0 Å². The van der Waals surface area contributed by atoms with E-state index in [2.05, 4.69) is 0 Å². The first-order chi connectivity index (χ1) is 9.47. The Morgan fingerprint density at radius 1 is 1.05 bits per heavy atom. The van der Waals surface area contributed by atoms with Crippen LogP contribution in [0.4, 0.5) is 0 Å². The van der Waals surface area contributed by atoms with Crippen molar-refractivity contribution in [3.63, 3.8) is 0 Å². The van der Waals surface area contributed by atoms with Crippen LogP contribution in [0.25, 0.3) is 0 Å². The number of amidine groups is 1. The lowest BCUT2D eigenvalue weighted by Crippen LogP contribution is -2.11. The Morgan fingerprint density at radius 3 is 2.40 bits per heavy atom. The summed E-state index contributed by atoms with van der Waals surface area (Å²) in [6.07, 6.45) is 0. The largest absolute Gasteiger partial charge is 0.487 e. The van der Waals surface area contributed by atoms with Gasteiger partial charge in [-0.05, 0) is 24.3 Å². The lowest BCUT2D eigenvalue weighted by atomic mass is 10.1. The monoisotopic (exact) mass is 328 g/mol. The van der Waals surface area contributed by atoms with Crippen molar-refractivity contribution in [3.8, 4) is 5.75 Å². The molecule has 0 atom stereocenters. The Bertz CT molecular complexity index is 659. The van der Waals surface area contributed by atoms with Crippen molar-refractivity contribution in [3.05, 3.63) is 62.6 Å². The summed E-state index contributed by atoms with van der Waals surface area (Å²) in [6, 6.07) is 10.1. The molecule has 0 radical (unpaired) electrons. The van der Waals surface area contributed by atoms with E-state index in [0.29, 0.717) is 26.4 Å². The average Bonchev–Trinajstić information content (AvgIpc) is 2.38. The van der Waals surface area contributed by atoms with Crippen LogP contribution in [0, 0.1) is 5.41 Å². The molecule has 104 valence electrons. The first kappa shape index (κ1) is 15.0. The van der Waals surface area contributed by atoms with Crippen LogP contribution in [-0.4, -0.2) is 5.84 Å². The second kappa shape index (κ2) is 6.35. The molecule has 0 bridgehead atoms. The maximum Gasteiger partial charge on any atom is 0.138 e. The van der Waals surface area contributed by atoms with Gasteiger partial charge in [0.1, 0.15) is 18.2 Å². The smallest absolute Gasteiger partial charge is 0.138 e. The molecule has 0 heterocycles. The molecule has 2 aromatic carbocycles. The Morgan fingerprint density at radius 2 is 1.80 bits per heavy atom. The summed E-state index contributed by atoms with van der Waals surface area (Å²) in [4.78, 5) is 0. The Labute approximate surface area is 131 Å². The second-order valence-corrected chi connectivity index (χ2v) is 5.33. The van der Waals surface area contributed by atoms with E-state index in [-0.39, 0.29) is 12.4 Å². The van der Waals surface area contributed by atoms with E-state index in [0.717, 1.165) is 5.56 Å². The van der Waals surface area contributed by atoms with Gasteiger partial charge in [0.2, 0.25) is 0 Å². The SMILES string of the molecule is N=C(N)c1ccc(COc2ccc(Cl)cc2Cl)c(Cl)c1.